The first-order valence-corrected chi connectivity index (χ1v) is 12.8. The number of H-pyrrole nitrogens is 1. The number of aromatic amines is 1. The predicted octanol–water partition coefficient (Wildman–Crippen LogP) is 4.49. The third kappa shape index (κ3) is 5.80. The summed E-state index contributed by atoms with van der Waals surface area (Å²) in [4.78, 5) is 13.8. The molecule has 37 heavy (non-hydrogen) atoms. The number of nitrogens with two attached hydrogens (primary N) is 1. The molecule has 1 amide bonds. The van der Waals surface area contributed by atoms with Crippen LogP contribution < -0.4 is 10.5 Å². The monoisotopic (exact) mass is 551 g/mol. The number of para-hydroxylation sites is 1. The number of alkyl halides is 3. The number of amides is 1. The second kappa shape index (κ2) is 10.2. The number of benzene rings is 3. The minimum Gasteiger partial charge on any atom is -0.395 e. The summed E-state index contributed by atoms with van der Waals surface area (Å²) in [5.41, 5.74) is 5.60. The van der Waals surface area contributed by atoms with Crippen LogP contribution in [0.3, 0.4) is 0 Å². The molecule has 4 rings (SSSR count). The zero-order valence-electron chi connectivity index (χ0n) is 19.0. The molecule has 0 bridgehead atoms. The molecule has 0 saturated heterocycles. The van der Waals surface area contributed by atoms with Crippen molar-refractivity contribution in [1.29, 1.82) is 0 Å². The van der Waals surface area contributed by atoms with Crippen LogP contribution >= 0.6 is 11.6 Å². The second-order valence-electron chi connectivity index (χ2n) is 8.37. The number of aliphatic hydroxyl groups excluding tert-OH is 1. The topological polar surface area (TPSA) is 125 Å². The number of carbonyl (C=O) groups excluding carboxylic acids is 1. The molecule has 0 unspecified atom stereocenters. The van der Waals surface area contributed by atoms with Crippen molar-refractivity contribution in [1.82, 2.24) is 9.71 Å². The van der Waals surface area contributed by atoms with Crippen LogP contribution in [0.5, 0.6) is 0 Å². The molecule has 0 spiro atoms. The summed E-state index contributed by atoms with van der Waals surface area (Å²) >= 11 is 6.05. The summed E-state index contributed by atoms with van der Waals surface area (Å²) in [5, 5.41) is 10.6. The molecule has 0 fully saturated rings. The van der Waals surface area contributed by atoms with Crippen molar-refractivity contribution in [3.8, 4) is 11.1 Å². The fourth-order valence-corrected chi connectivity index (χ4v) is 5.55. The van der Waals surface area contributed by atoms with Gasteiger partial charge in [0.15, 0.2) is 0 Å². The zero-order valence-corrected chi connectivity index (χ0v) is 20.6. The lowest BCUT2D eigenvalue weighted by Crippen LogP contribution is -2.39. The molecule has 7 nitrogen and oxygen atoms in total. The van der Waals surface area contributed by atoms with E-state index in [-0.39, 0.29) is 28.1 Å². The Hall–Kier alpha value is -3.38. The molecule has 3 aromatic carbocycles. The van der Waals surface area contributed by atoms with Crippen LogP contribution in [-0.4, -0.2) is 37.1 Å². The van der Waals surface area contributed by atoms with Gasteiger partial charge in [-0.3, -0.25) is 4.79 Å². The van der Waals surface area contributed by atoms with E-state index in [0.717, 1.165) is 28.6 Å². The Bertz CT molecular complexity index is 1590. The van der Waals surface area contributed by atoms with E-state index in [4.69, 9.17) is 17.3 Å². The summed E-state index contributed by atoms with van der Waals surface area (Å²) in [6.45, 7) is -0.589. The molecule has 194 valence electrons. The first kappa shape index (κ1) is 26.7. The average Bonchev–Trinajstić information content (AvgIpc) is 3.25. The first-order valence-electron chi connectivity index (χ1n) is 10.9. The number of halogens is 4. The van der Waals surface area contributed by atoms with Crippen molar-refractivity contribution in [2.45, 2.75) is 23.5 Å². The molecule has 0 aliphatic rings. The fraction of sp³-hybridized carbons (Fsp3) is 0.160. The van der Waals surface area contributed by atoms with Gasteiger partial charge >= 0.3 is 6.18 Å². The van der Waals surface area contributed by atoms with Crippen LogP contribution in [0.1, 0.15) is 21.5 Å². The maximum atomic E-state index is 13.7. The maximum absolute atomic E-state index is 13.7. The van der Waals surface area contributed by atoms with Gasteiger partial charge in [0.2, 0.25) is 15.9 Å². The number of fused-ring (bicyclic) bond motifs is 1. The van der Waals surface area contributed by atoms with E-state index in [0.29, 0.717) is 6.07 Å². The lowest BCUT2D eigenvalue weighted by molar-refractivity contribution is -0.137. The number of aromatic nitrogens is 1. The molecule has 1 aromatic heterocycles. The minimum atomic E-state index is -4.85. The van der Waals surface area contributed by atoms with Gasteiger partial charge in [0.25, 0.3) is 0 Å². The number of primary amides is 1. The maximum Gasteiger partial charge on any atom is 0.416 e. The molecule has 0 saturated carbocycles. The van der Waals surface area contributed by atoms with Crippen LogP contribution in [0, 0.1) is 0 Å². The second-order valence-corrected chi connectivity index (χ2v) is 10.5. The summed E-state index contributed by atoms with van der Waals surface area (Å²) in [7, 11) is -4.50. The largest absolute Gasteiger partial charge is 0.416 e. The van der Waals surface area contributed by atoms with E-state index in [2.05, 4.69) is 9.71 Å². The van der Waals surface area contributed by atoms with E-state index in [1.165, 1.54) is 18.2 Å². The Balaban J connectivity index is 1.71. The van der Waals surface area contributed by atoms with Gasteiger partial charge in [-0.2, -0.15) is 13.2 Å². The first-order chi connectivity index (χ1) is 17.4. The van der Waals surface area contributed by atoms with Gasteiger partial charge < -0.3 is 15.8 Å². The van der Waals surface area contributed by atoms with Crippen LogP contribution in [0.15, 0.2) is 71.8 Å². The molecule has 12 heteroatoms. The number of hydrogen-bond donors (Lipinski definition) is 4. The van der Waals surface area contributed by atoms with Crippen LogP contribution in [0.25, 0.3) is 22.0 Å². The molecule has 1 heterocycles. The van der Waals surface area contributed by atoms with Crippen molar-refractivity contribution < 1.29 is 31.5 Å². The molecule has 0 radical (unpaired) electrons. The van der Waals surface area contributed by atoms with Gasteiger partial charge in [-0.05, 0) is 59.5 Å². The SMILES string of the molecule is NC(=O)c1ccc(-c2cc(C(F)(F)F)cc(S(=O)(=O)N[C@@H](CO)Cc3c[nH]c4ccccc34)c2)cc1Cl. The summed E-state index contributed by atoms with van der Waals surface area (Å²) in [6.07, 6.45) is -3.07. The van der Waals surface area contributed by atoms with Gasteiger partial charge in [-0.1, -0.05) is 35.9 Å². The lowest BCUT2D eigenvalue weighted by Gasteiger charge is -2.18. The van der Waals surface area contributed by atoms with E-state index in [1.807, 2.05) is 24.3 Å². The average molecular weight is 552 g/mol. The smallest absolute Gasteiger partial charge is 0.395 e. The molecule has 5 N–H and O–H groups in total. The highest BCUT2D eigenvalue weighted by atomic mass is 35.5. The highest BCUT2D eigenvalue weighted by Gasteiger charge is 2.33. The standard InChI is InChI=1S/C25H21ClF3N3O4S/c26-22-10-14(5-6-21(22)24(30)34)15-7-17(25(27,28)29)11-19(9-15)37(35,36)32-18(13-33)8-16-12-31-23-4-2-1-3-20(16)23/h1-7,9-12,18,31-33H,8,13H2,(H2,30,34)/t18-/m1/s1. The van der Waals surface area contributed by atoms with Crippen molar-refractivity contribution in [3.63, 3.8) is 0 Å². The number of hydrogen-bond acceptors (Lipinski definition) is 4. The van der Waals surface area contributed by atoms with Crippen molar-refractivity contribution in [3.05, 3.63) is 88.6 Å². The molecular weight excluding hydrogens is 531 g/mol. The van der Waals surface area contributed by atoms with Crippen LogP contribution in [0.2, 0.25) is 5.02 Å². The van der Waals surface area contributed by atoms with Crippen LogP contribution in [-0.2, 0) is 22.6 Å². The van der Waals surface area contributed by atoms with Crippen molar-refractivity contribution in [2.75, 3.05) is 6.61 Å². The van der Waals surface area contributed by atoms with Crippen molar-refractivity contribution >= 4 is 38.4 Å². The Morgan fingerprint density at radius 2 is 1.81 bits per heavy atom. The quantitative estimate of drug-likeness (QED) is 0.257. The number of carbonyl (C=O) groups is 1. The lowest BCUT2D eigenvalue weighted by atomic mass is 10.0. The van der Waals surface area contributed by atoms with Crippen LogP contribution in [0.4, 0.5) is 13.2 Å². The van der Waals surface area contributed by atoms with Gasteiger partial charge in [0, 0.05) is 23.1 Å². The highest BCUT2D eigenvalue weighted by Crippen LogP contribution is 2.35. The molecule has 0 aliphatic heterocycles. The molecule has 1 atom stereocenters. The Labute approximate surface area is 215 Å². The van der Waals surface area contributed by atoms with E-state index >= 15 is 0 Å². The van der Waals surface area contributed by atoms with E-state index in [9.17, 15) is 31.5 Å². The Morgan fingerprint density at radius 3 is 2.46 bits per heavy atom. The zero-order chi connectivity index (χ0) is 27.0. The fourth-order valence-electron chi connectivity index (χ4n) is 3.98. The molecular formula is C25H21ClF3N3O4S. The third-order valence-electron chi connectivity index (χ3n) is 5.80. The molecule has 4 aromatic rings. The number of sulfonamides is 1. The predicted molar refractivity (Wildman–Crippen MR) is 134 cm³/mol. The number of nitrogens with one attached hydrogen (secondary N) is 2. The summed E-state index contributed by atoms with van der Waals surface area (Å²) in [6, 6.07) is 12.5. The molecule has 0 aliphatic carbocycles. The minimum absolute atomic E-state index is 0.0324. The third-order valence-corrected chi connectivity index (χ3v) is 7.61. The van der Waals surface area contributed by atoms with Gasteiger partial charge in [-0.15, -0.1) is 0 Å². The highest BCUT2D eigenvalue weighted by molar-refractivity contribution is 7.89. The summed E-state index contributed by atoms with van der Waals surface area (Å²) in [5.74, 6) is -0.821. The normalized spacial score (nSPS) is 13.1. The van der Waals surface area contributed by atoms with E-state index in [1.54, 1.807) is 6.20 Å². The summed E-state index contributed by atoms with van der Waals surface area (Å²) < 4.78 is 69.7. The van der Waals surface area contributed by atoms with Gasteiger partial charge in [0.1, 0.15) is 0 Å². The number of rotatable bonds is 8. The van der Waals surface area contributed by atoms with Gasteiger partial charge in [0.05, 0.1) is 27.7 Å². The van der Waals surface area contributed by atoms with Crippen molar-refractivity contribution in [2.24, 2.45) is 5.73 Å². The Kier molecular flexibility index (Phi) is 7.33. The number of aliphatic hydroxyl groups is 1. The Morgan fingerprint density at radius 1 is 1.08 bits per heavy atom. The van der Waals surface area contributed by atoms with E-state index < -0.39 is 45.2 Å². The van der Waals surface area contributed by atoms with Gasteiger partial charge in [-0.25, -0.2) is 13.1 Å².